The maximum Gasteiger partial charge on any atom is 0.416 e. The number of alkyl carbamates (subject to hydrolysis) is 1. The number of carbonyl (C=O) groups excluding carboxylic acids is 1. The summed E-state index contributed by atoms with van der Waals surface area (Å²) in [5.41, 5.74) is -0.332. The molecule has 2 rings (SSSR count). The van der Waals surface area contributed by atoms with Crippen molar-refractivity contribution < 1.29 is 22.7 Å². The van der Waals surface area contributed by atoms with Crippen LogP contribution in [0, 0.1) is 0 Å². The van der Waals surface area contributed by atoms with Crippen molar-refractivity contribution in [2.45, 2.75) is 18.6 Å². The Morgan fingerprint density at radius 3 is 2.58 bits per heavy atom. The van der Waals surface area contributed by atoms with Crippen molar-refractivity contribution in [2.75, 3.05) is 6.61 Å². The number of cyclic esters (lactones) is 1. The molecule has 1 aliphatic rings. The van der Waals surface area contributed by atoms with Gasteiger partial charge in [-0.1, -0.05) is 15.9 Å². The van der Waals surface area contributed by atoms with E-state index in [0.717, 1.165) is 12.1 Å². The molecule has 19 heavy (non-hydrogen) atoms. The number of hydrogen-bond acceptors (Lipinski definition) is 2. The van der Waals surface area contributed by atoms with E-state index in [4.69, 9.17) is 0 Å². The van der Waals surface area contributed by atoms with E-state index in [9.17, 15) is 18.0 Å². The zero-order valence-corrected chi connectivity index (χ0v) is 11.9. The first-order valence-corrected chi connectivity index (χ1v) is 5.96. The summed E-state index contributed by atoms with van der Waals surface area (Å²) in [5.74, 6) is 0. The first-order chi connectivity index (χ1) is 8.36. The number of rotatable bonds is 1. The SMILES string of the molecule is Cl.O=C1N[C@@H](c2cc(Br)cc(C(F)(F)F)c2)CCO1. The smallest absolute Gasteiger partial charge is 0.416 e. The molecule has 1 heterocycles. The van der Waals surface area contributed by atoms with Crippen LogP contribution in [0.25, 0.3) is 0 Å². The highest BCUT2D eigenvalue weighted by molar-refractivity contribution is 9.10. The molecule has 106 valence electrons. The first-order valence-electron chi connectivity index (χ1n) is 5.17. The fourth-order valence-corrected chi connectivity index (χ4v) is 2.26. The molecule has 1 atom stereocenters. The molecule has 0 radical (unpaired) electrons. The second-order valence-corrected chi connectivity index (χ2v) is 4.81. The molecule has 1 N–H and O–H groups in total. The predicted molar refractivity (Wildman–Crippen MR) is 68.2 cm³/mol. The van der Waals surface area contributed by atoms with Gasteiger partial charge in [-0.25, -0.2) is 4.79 Å². The van der Waals surface area contributed by atoms with E-state index in [1.807, 2.05) is 0 Å². The fraction of sp³-hybridized carbons (Fsp3) is 0.364. The van der Waals surface area contributed by atoms with Crippen molar-refractivity contribution in [1.29, 1.82) is 0 Å². The molecular formula is C11H10BrClF3NO2. The van der Waals surface area contributed by atoms with Crippen molar-refractivity contribution in [2.24, 2.45) is 0 Å². The van der Waals surface area contributed by atoms with Crippen LogP contribution in [0.3, 0.4) is 0 Å². The Labute approximate surface area is 122 Å². The van der Waals surface area contributed by atoms with E-state index in [1.54, 1.807) is 6.07 Å². The summed E-state index contributed by atoms with van der Waals surface area (Å²) in [6.45, 7) is 0.199. The predicted octanol–water partition coefficient (Wildman–Crippen LogP) is 4.06. The summed E-state index contributed by atoms with van der Waals surface area (Å²) in [4.78, 5) is 11.0. The molecule has 1 aromatic carbocycles. The van der Waals surface area contributed by atoms with E-state index in [-0.39, 0.29) is 19.0 Å². The molecule has 1 saturated heterocycles. The van der Waals surface area contributed by atoms with Gasteiger partial charge in [-0.15, -0.1) is 12.4 Å². The van der Waals surface area contributed by atoms with E-state index < -0.39 is 23.9 Å². The van der Waals surface area contributed by atoms with Crippen molar-refractivity contribution in [3.8, 4) is 0 Å². The second-order valence-electron chi connectivity index (χ2n) is 3.89. The molecule has 0 bridgehead atoms. The average Bonchev–Trinajstić information content (AvgIpc) is 2.27. The maximum atomic E-state index is 12.7. The first kappa shape index (κ1) is 16.1. The lowest BCUT2D eigenvalue weighted by molar-refractivity contribution is -0.137. The van der Waals surface area contributed by atoms with Crippen molar-refractivity contribution in [3.63, 3.8) is 0 Å². The Hall–Kier alpha value is -0.950. The van der Waals surface area contributed by atoms with Crippen LogP contribution in [0.15, 0.2) is 22.7 Å². The van der Waals surface area contributed by atoms with E-state index >= 15 is 0 Å². The molecule has 0 aliphatic carbocycles. The molecule has 8 heteroatoms. The van der Waals surface area contributed by atoms with Gasteiger partial charge in [0.2, 0.25) is 0 Å². The van der Waals surface area contributed by atoms with Crippen LogP contribution in [0.1, 0.15) is 23.6 Å². The van der Waals surface area contributed by atoms with E-state index in [2.05, 4.69) is 26.0 Å². The Morgan fingerprint density at radius 2 is 2.00 bits per heavy atom. The summed E-state index contributed by atoms with van der Waals surface area (Å²) in [5, 5.41) is 2.49. The minimum atomic E-state index is -4.41. The topological polar surface area (TPSA) is 38.3 Å². The van der Waals surface area contributed by atoms with Crippen molar-refractivity contribution >= 4 is 34.4 Å². The number of hydrogen-bond donors (Lipinski definition) is 1. The van der Waals surface area contributed by atoms with Crippen LogP contribution in [-0.4, -0.2) is 12.7 Å². The standard InChI is InChI=1S/C11H9BrF3NO2.ClH/c12-8-4-6(3-7(5-8)11(13,14)15)9-1-2-18-10(17)16-9;/h3-5,9H,1-2H2,(H,16,17);1H/t9-;/m1./s1. The minimum Gasteiger partial charge on any atom is -0.449 e. The normalized spacial score (nSPS) is 19.2. The number of ether oxygens (including phenoxy) is 1. The summed E-state index contributed by atoms with van der Waals surface area (Å²) < 4.78 is 43.0. The molecule has 1 aromatic rings. The van der Waals surface area contributed by atoms with Gasteiger partial charge in [-0.05, 0) is 23.8 Å². The van der Waals surface area contributed by atoms with Gasteiger partial charge in [-0.3, -0.25) is 0 Å². The minimum absolute atomic E-state index is 0. The van der Waals surface area contributed by atoms with E-state index in [1.165, 1.54) is 0 Å². The maximum absolute atomic E-state index is 12.7. The number of amides is 1. The van der Waals surface area contributed by atoms with Crippen molar-refractivity contribution in [3.05, 3.63) is 33.8 Å². The molecule has 1 fully saturated rings. The molecule has 0 saturated carbocycles. The zero-order chi connectivity index (χ0) is 13.3. The Morgan fingerprint density at radius 1 is 1.32 bits per heavy atom. The van der Waals surface area contributed by atoms with Gasteiger partial charge in [0.05, 0.1) is 18.2 Å². The second kappa shape index (κ2) is 6.00. The lowest BCUT2D eigenvalue weighted by Crippen LogP contribution is -2.35. The van der Waals surface area contributed by atoms with Crippen molar-refractivity contribution in [1.82, 2.24) is 5.32 Å². The Balaban J connectivity index is 0.00000180. The third kappa shape index (κ3) is 4.01. The van der Waals surface area contributed by atoms with Gasteiger partial charge >= 0.3 is 12.3 Å². The van der Waals surface area contributed by atoms with Crippen LogP contribution >= 0.6 is 28.3 Å². The summed E-state index contributed by atoms with van der Waals surface area (Å²) in [6.07, 6.45) is -4.58. The number of carbonyl (C=O) groups is 1. The third-order valence-electron chi connectivity index (χ3n) is 2.58. The van der Waals surface area contributed by atoms with Gasteiger partial charge in [0.25, 0.3) is 0 Å². The number of benzene rings is 1. The molecule has 0 spiro atoms. The molecule has 3 nitrogen and oxygen atoms in total. The largest absolute Gasteiger partial charge is 0.449 e. The average molecular weight is 361 g/mol. The number of alkyl halides is 3. The zero-order valence-electron chi connectivity index (χ0n) is 9.46. The summed E-state index contributed by atoms with van der Waals surface area (Å²) >= 11 is 3.04. The van der Waals surface area contributed by atoms with Gasteiger partial charge in [0.1, 0.15) is 0 Å². The highest BCUT2D eigenvalue weighted by Gasteiger charge is 2.32. The van der Waals surface area contributed by atoms with Gasteiger partial charge in [-0.2, -0.15) is 13.2 Å². The quantitative estimate of drug-likeness (QED) is 0.820. The van der Waals surface area contributed by atoms with Crippen LogP contribution in [-0.2, 0) is 10.9 Å². The van der Waals surface area contributed by atoms with Crippen LogP contribution < -0.4 is 5.32 Å². The fourth-order valence-electron chi connectivity index (χ4n) is 1.75. The Bertz CT molecular complexity index is 481. The monoisotopic (exact) mass is 359 g/mol. The number of nitrogens with one attached hydrogen (secondary N) is 1. The molecular weight excluding hydrogens is 350 g/mol. The Kier molecular flexibility index (Phi) is 5.09. The van der Waals surface area contributed by atoms with Gasteiger partial charge in [0.15, 0.2) is 0 Å². The van der Waals surface area contributed by atoms with Gasteiger partial charge < -0.3 is 10.1 Å². The lowest BCUT2D eigenvalue weighted by atomic mass is 10.0. The molecule has 0 unspecified atom stereocenters. The van der Waals surface area contributed by atoms with Gasteiger partial charge in [0, 0.05) is 10.9 Å². The number of halogens is 5. The lowest BCUT2D eigenvalue weighted by Gasteiger charge is -2.24. The highest BCUT2D eigenvalue weighted by Crippen LogP contribution is 2.34. The van der Waals surface area contributed by atoms with E-state index in [0.29, 0.717) is 16.5 Å². The van der Waals surface area contributed by atoms with Crippen LogP contribution in [0.5, 0.6) is 0 Å². The molecule has 1 aliphatic heterocycles. The summed E-state index contributed by atoms with van der Waals surface area (Å²) in [7, 11) is 0. The third-order valence-corrected chi connectivity index (χ3v) is 3.04. The van der Waals surface area contributed by atoms with Crippen LogP contribution in [0.2, 0.25) is 0 Å². The van der Waals surface area contributed by atoms with Crippen LogP contribution in [0.4, 0.5) is 18.0 Å². The highest BCUT2D eigenvalue weighted by atomic mass is 79.9. The molecule has 0 aromatic heterocycles. The summed E-state index contributed by atoms with van der Waals surface area (Å²) in [6, 6.07) is 3.15. The molecule has 1 amide bonds.